The second-order valence-corrected chi connectivity index (χ2v) is 4.24. The van der Waals surface area contributed by atoms with E-state index >= 15 is 0 Å². The lowest BCUT2D eigenvalue weighted by atomic mass is 10.2. The first-order valence-corrected chi connectivity index (χ1v) is 5.94. The number of nitrogen functional groups attached to an aromatic ring is 1. The molecule has 0 aromatic carbocycles. The molecule has 5 heteroatoms. The Bertz CT molecular complexity index is 658. The maximum absolute atomic E-state index is 5.60. The van der Waals surface area contributed by atoms with Gasteiger partial charge in [-0.25, -0.2) is 9.97 Å². The molecule has 0 bridgehead atoms. The molecule has 3 aromatic heterocycles. The van der Waals surface area contributed by atoms with Crippen LogP contribution in [0.2, 0.25) is 0 Å². The minimum atomic E-state index is 0.516. The SMILES string of the molecule is Nc1ccc(-c2cncn2Cc2cccnc2)cn1. The van der Waals surface area contributed by atoms with E-state index in [1.165, 1.54) is 0 Å². The van der Waals surface area contributed by atoms with E-state index in [0.29, 0.717) is 5.82 Å². The van der Waals surface area contributed by atoms with Gasteiger partial charge in [0.15, 0.2) is 0 Å². The number of anilines is 1. The second kappa shape index (κ2) is 4.89. The largest absolute Gasteiger partial charge is 0.384 e. The Balaban J connectivity index is 1.92. The highest BCUT2D eigenvalue weighted by molar-refractivity contribution is 5.59. The molecular weight excluding hydrogens is 238 g/mol. The van der Waals surface area contributed by atoms with Crippen LogP contribution in [0.5, 0.6) is 0 Å². The summed E-state index contributed by atoms with van der Waals surface area (Å²) < 4.78 is 2.06. The van der Waals surface area contributed by atoms with Gasteiger partial charge in [-0.3, -0.25) is 4.98 Å². The Kier molecular flexibility index (Phi) is 2.94. The smallest absolute Gasteiger partial charge is 0.123 e. The zero-order valence-corrected chi connectivity index (χ0v) is 10.3. The zero-order valence-electron chi connectivity index (χ0n) is 10.3. The summed E-state index contributed by atoms with van der Waals surface area (Å²) in [4.78, 5) is 12.4. The fraction of sp³-hybridized carbons (Fsp3) is 0.0714. The van der Waals surface area contributed by atoms with Gasteiger partial charge < -0.3 is 10.3 Å². The number of hydrogen-bond acceptors (Lipinski definition) is 4. The molecule has 0 unspecified atom stereocenters. The van der Waals surface area contributed by atoms with Crippen LogP contribution in [0.25, 0.3) is 11.3 Å². The predicted octanol–water partition coefficient (Wildman–Crippen LogP) is 1.97. The van der Waals surface area contributed by atoms with Crippen molar-refractivity contribution in [3.05, 3.63) is 60.9 Å². The highest BCUT2D eigenvalue weighted by Crippen LogP contribution is 2.19. The number of aromatic nitrogens is 4. The lowest BCUT2D eigenvalue weighted by Gasteiger charge is -2.08. The number of nitrogens with two attached hydrogens (primary N) is 1. The van der Waals surface area contributed by atoms with Crippen molar-refractivity contribution in [3.63, 3.8) is 0 Å². The van der Waals surface area contributed by atoms with Crippen molar-refractivity contribution in [3.8, 4) is 11.3 Å². The van der Waals surface area contributed by atoms with E-state index in [2.05, 4.69) is 19.5 Å². The first kappa shape index (κ1) is 11.4. The molecule has 3 heterocycles. The molecule has 0 aliphatic rings. The molecule has 0 saturated heterocycles. The van der Waals surface area contributed by atoms with Gasteiger partial charge in [0, 0.05) is 24.2 Å². The van der Waals surface area contributed by atoms with E-state index in [9.17, 15) is 0 Å². The van der Waals surface area contributed by atoms with Crippen molar-refractivity contribution < 1.29 is 0 Å². The van der Waals surface area contributed by atoms with Gasteiger partial charge in [0.1, 0.15) is 5.82 Å². The van der Waals surface area contributed by atoms with Gasteiger partial charge in [-0.05, 0) is 23.8 Å². The van der Waals surface area contributed by atoms with Gasteiger partial charge in [-0.2, -0.15) is 0 Å². The predicted molar refractivity (Wildman–Crippen MR) is 73.2 cm³/mol. The van der Waals surface area contributed by atoms with Crippen molar-refractivity contribution in [2.75, 3.05) is 5.73 Å². The van der Waals surface area contributed by atoms with Crippen LogP contribution in [0, 0.1) is 0 Å². The van der Waals surface area contributed by atoms with Gasteiger partial charge in [0.25, 0.3) is 0 Å². The third-order valence-electron chi connectivity index (χ3n) is 2.87. The maximum Gasteiger partial charge on any atom is 0.123 e. The summed E-state index contributed by atoms with van der Waals surface area (Å²) >= 11 is 0. The monoisotopic (exact) mass is 251 g/mol. The van der Waals surface area contributed by atoms with E-state index in [0.717, 1.165) is 23.4 Å². The van der Waals surface area contributed by atoms with E-state index in [1.54, 1.807) is 24.8 Å². The fourth-order valence-corrected chi connectivity index (χ4v) is 1.93. The number of nitrogens with zero attached hydrogens (tertiary/aromatic N) is 4. The molecule has 0 saturated carbocycles. The average molecular weight is 251 g/mol. The minimum absolute atomic E-state index is 0.516. The Morgan fingerprint density at radius 2 is 2.00 bits per heavy atom. The molecule has 0 aliphatic heterocycles. The maximum atomic E-state index is 5.60. The lowest BCUT2D eigenvalue weighted by molar-refractivity contribution is 0.800. The van der Waals surface area contributed by atoms with Crippen LogP contribution in [0.15, 0.2) is 55.4 Å². The van der Waals surface area contributed by atoms with Crippen LogP contribution in [0.4, 0.5) is 5.82 Å². The third kappa shape index (κ3) is 2.44. The van der Waals surface area contributed by atoms with Crippen LogP contribution in [0.1, 0.15) is 5.56 Å². The Labute approximate surface area is 110 Å². The molecule has 0 radical (unpaired) electrons. The van der Waals surface area contributed by atoms with Gasteiger partial charge >= 0.3 is 0 Å². The molecule has 94 valence electrons. The molecule has 5 nitrogen and oxygen atoms in total. The van der Waals surface area contributed by atoms with E-state index in [1.807, 2.05) is 30.6 Å². The van der Waals surface area contributed by atoms with Crippen molar-refractivity contribution in [2.24, 2.45) is 0 Å². The summed E-state index contributed by atoms with van der Waals surface area (Å²) in [5.41, 5.74) is 8.74. The Hall–Kier alpha value is -2.69. The zero-order chi connectivity index (χ0) is 13.1. The first-order valence-electron chi connectivity index (χ1n) is 5.94. The van der Waals surface area contributed by atoms with Crippen molar-refractivity contribution in [1.82, 2.24) is 19.5 Å². The van der Waals surface area contributed by atoms with Gasteiger partial charge in [0.05, 0.1) is 24.8 Å². The standard InChI is InChI=1S/C14H13N5/c15-14-4-3-12(7-18-14)13-8-17-10-19(13)9-11-2-1-5-16-6-11/h1-8,10H,9H2,(H2,15,18). The molecule has 0 fully saturated rings. The van der Waals surface area contributed by atoms with Crippen LogP contribution < -0.4 is 5.73 Å². The quantitative estimate of drug-likeness (QED) is 0.772. The topological polar surface area (TPSA) is 69.6 Å². The molecule has 0 amide bonds. The summed E-state index contributed by atoms with van der Waals surface area (Å²) in [7, 11) is 0. The molecule has 2 N–H and O–H groups in total. The Morgan fingerprint density at radius 1 is 1.05 bits per heavy atom. The third-order valence-corrected chi connectivity index (χ3v) is 2.87. The average Bonchev–Trinajstić information content (AvgIpc) is 2.89. The van der Waals surface area contributed by atoms with Gasteiger partial charge in [-0.15, -0.1) is 0 Å². The van der Waals surface area contributed by atoms with Crippen LogP contribution in [-0.4, -0.2) is 19.5 Å². The molecule has 3 aromatic rings. The highest BCUT2D eigenvalue weighted by Gasteiger charge is 2.06. The summed E-state index contributed by atoms with van der Waals surface area (Å²) in [6.45, 7) is 0.730. The van der Waals surface area contributed by atoms with E-state index in [4.69, 9.17) is 5.73 Å². The molecule has 3 rings (SSSR count). The van der Waals surface area contributed by atoms with Crippen molar-refractivity contribution >= 4 is 5.82 Å². The highest BCUT2D eigenvalue weighted by atomic mass is 15.0. The molecule has 0 atom stereocenters. The molecule has 0 spiro atoms. The first-order chi connectivity index (χ1) is 9.33. The van der Waals surface area contributed by atoms with E-state index in [-0.39, 0.29) is 0 Å². The lowest BCUT2D eigenvalue weighted by Crippen LogP contribution is -2.01. The van der Waals surface area contributed by atoms with Gasteiger partial charge in [0.2, 0.25) is 0 Å². The summed E-state index contributed by atoms with van der Waals surface area (Å²) in [6.07, 6.45) is 9.00. The van der Waals surface area contributed by atoms with Gasteiger partial charge in [-0.1, -0.05) is 6.07 Å². The van der Waals surface area contributed by atoms with Crippen LogP contribution in [-0.2, 0) is 6.54 Å². The van der Waals surface area contributed by atoms with Crippen LogP contribution in [0.3, 0.4) is 0 Å². The normalized spacial score (nSPS) is 10.5. The number of rotatable bonds is 3. The van der Waals surface area contributed by atoms with E-state index < -0.39 is 0 Å². The summed E-state index contributed by atoms with van der Waals surface area (Å²) in [5.74, 6) is 0.516. The Morgan fingerprint density at radius 3 is 2.74 bits per heavy atom. The number of pyridine rings is 2. The molecule has 19 heavy (non-hydrogen) atoms. The second-order valence-electron chi connectivity index (χ2n) is 4.24. The minimum Gasteiger partial charge on any atom is -0.384 e. The fourth-order valence-electron chi connectivity index (χ4n) is 1.93. The van der Waals surface area contributed by atoms with Crippen molar-refractivity contribution in [2.45, 2.75) is 6.54 Å². The molecule has 0 aliphatic carbocycles. The van der Waals surface area contributed by atoms with Crippen molar-refractivity contribution in [1.29, 1.82) is 0 Å². The number of imidazole rings is 1. The molecular formula is C14H13N5. The summed E-state index contributed by atoms with van der Waals surface area (Å²) in [5, 5.41) is 0. The summed E-state index contributed by atoms with van der Waals surface area (Å²) in [6, 6.07) is 7.70. The van der Waals surface area contributed by atoms with Crippen LogP contribution >= 0.6 is 0 Å². The number of hydrogen-bond donors (Lipinski definition) is 1.